The van der Waals surface area contributed by atoms with Crippen molar-refractivity contribution in [3.05, 3.63) is 71.9 Å². The standard InChI is InChI=1S/C28H27F3N6O3/c1-26(2)18(24(39)40)8-10-27(26,3)25-36-20(21-22(32)34-12-13-37(21)25)15-4-6-16(7-5-15)23(38)35-19-14-17(9-11-33-19)28(29,30)31/h4-7,9,11-14,18H,8,10H2,1-3H3,(H2,32,34)(H,39,40)(H,33,35,38)/t18-,27+/m0/s1. The molecule has 5 rings (SSSR count). The van der Waals surface area contributed by atoms with Gasteiger partial charge < -0.3 is 16.2 Å². The number of hydrogen-bond acceptors (Lipinski definition) is 6. The van der Waals surface area contributed by atoms with Crippen LogP contribution in [-0.2, 0) is 16.4 Å². The van der Waals surface area contributed by atoms with E-state index in [1.165, 1.54) is 12.1 Å². The number of nitrogens with one attached hydrogen (secondary N) is 1. The number of halogens is 3. The third-order valence-electron chi connectivity index (χ3n) is 8.35. The van der Waals surface area contributed by atoms with Crippen LogP contribution < -0.4 is 11.1 Å². The Morgan fingerprint density at radius 2 is 1.80 bits per heavy atom. The summed E-state index contributed by atoms with van der Waals surface area (Å²) < 4.78 is 40.9. The second-order valence-corrected chi connectivity index (χ2v) is 10.8. The fraction of sp³-hybridized carbons (Fsp3) is 0.321. The van der Waals surface area contributed by atoms with Crippen LogP contribution in [0.5, 0.6) is 0 Å². The Balaban J connectivity index is 1.50. The molecule has 4 N–H and O–H groups in total. The van der Waals surface area contributed by atoms with Gasteiger partial charge in [0, 0.05) is 35.1 Å². The zero-order valence-electron chi connectivity index (χ0n) is 22.0. The number of carbonyl (C=O) groups excluding carboxylic acids is 1. The van der Waals surface area contributed by atoms with Gasteiger partial charge in [-0.3, -0.25) is 14.0 Å². The van der Waals surface area contributed by atoms with E-state index >= 15 is 0 Å². The lowest BCUT2D eigenvalue weighted by Crippen LogP contribution is -2.41. The van der Waals surface area contributed by atoms with Crippen LogP contribution in [0.2, 0.25) is 0 Å². The molecule has 1 fully saturated rings. The molecule has 1 amide bonds. The lowest BCUT2D eigenvalue weighted by atomic mass is 9.65. The second-order valence-electron chi connectivity index (χ2n) is 10.8. The van der Waals surface area contributed by atoms with Crippen LogP contribution >= 0.6 is 0 Å². The van der Waals surface area contributed by atoms with Gasteiger partial charge in [0.15, 0.2) is 0 Å². The van der Waals surface area contributed by atoms with Crippen molar-refractivity contribution in [2.45, 2.75) is 45.2 Å². The topological polar surface area (TPSA) is 135 Å². The monoisotopic (exact) mass is 552 g/mol. The number of rotatable bonds is 5. The summed E-state index contributed by atoms with van der Waals surface area (Å²) in [5.41, 5.74) is 6.05. The highest BCUT2D eigenvalue weighted by molar-refractivity contribution is 6.04. The van der Waals surface area contributed by atoms with E-state index in [4.69, 9.17) is 10.7 Å². The van der Waals surface area contributed by atoms with E-state index < -0.39 is 40.4 Å². The molecule has 0 radical (unpaired) electrons. The van der Waals surface area contributed by atoms with E-state index in [1.54, 1.807) is 24.5 Å². The summed E-state index contributed by atoms with van der Waals surface area (Å²) in [5.74, 6) is -1.34. The number of hydrogen-bond donors (Lipinski definition) is 3. The molecule has 1 aliphatic rings. The lowest BCUT2D eigenvalue weighted by Gasteiger charge is -2.39. The van der Waals surface area contributed by atoms with Gasteiger partial charge in [-0.2, -0.15) is 13.2 Å². The first-order valence-corrected chi connectivity index (χ1v) is 12.5. The summed E-state index contributed by atoms with van der Waals surface area (Å²) in [6.45, 7) is 5.90. The molecule has 1 aliphatic carbocycles. The van der Waals surface area contributed by atoms with Crippen LogP contribution in [0.3, 0.4) is 0 Å². The molecule has 0 bridgehead atoms. The number of nitrogens with zero attached hydrogens (tertiary/aromatic N) is 4. The van der Waals surface area contributed by atoms with E-state index in [0.717, 1.165) is 18.3 Å². The van der Waals surface area contributed by atoms with Gasteiger partial charge in [0.25, 0.3) is 5.91 Å². The fourth-order valence-electron chi connectivity index (χ4n) is 5.63. The first-order valence-electron chi connectivity index (χ1n) is 12.5. The Labute approximate surface area is 227 Å². The van der Waals surface area contributed by atoms with Crippen LogP contribution in [0.4, 0.5) is 24.8 Å². The van der Waals surface area contributed by atoms with Crippen LogP contribution in [-0.4, -0.2) is 36.3 Å². The number of fused-ring (bicyclic) bond motifs is 1. The zero-order valence-corrected chi connectivity index (χ0v) is 22.0. The van der Waals surface area contributed by atoms with Crippen molar-refractivity contribution < 1.29 is 27.9 Å². The van der Waals surface area contributed by atoms with E-state index in [2.05, 4.69) is 15.3 Å². The molecule has 0 saturated heterocycles. The SMILES string of the molecule is CC1(C)[C@H](C(=O)O)CC[C@]1(C)c1nc(-c2ccc(C(=O)Nc3cc(C(F)(F)F)ccn3)cc2)c2c(N)nccn12. The summed E-state index contributed by atoms with van der Waals surface area (Å²) in [4.78, 5) is 37.7. The predicted molar refractivity (Wildman–Crippen MR) is 142 cm³/mol. The predicted octanol–water partition coefficient (Wildman–Crippen LogP) is 5.42. The van der Waals surface area contributed by atoms with Crippen molar-refractivity contribution in [2.75, 3.05) is 11.1 Å². The summed E-state index contributed by atoms with van der Waals surface area (Å²) in [6.07, 6.45) is 0.844. The van der Waals surface area contributed by atoms with Crippen molar-refractivity contribution in [1.29, 1.82) is 0 Å². The van der Waals surface area contributed by atoms with Crippen molar-refractivity contribution in [1.82, 2.24) is 19.4 Å². The highest BCUT2D eigenvalue weighted by Gasteiger charge is 2.57. The smallest absolute Gasteiger partial charge is 0.416 e. The molecule has 0 unspecified atom stereocenters. The number of carbonyl (C=O) groups is 2. The Bertz CT molecular complexity index is 1630. The first kappa shape index (κ1) is 27.1. The van der Waals surface area contributed by atoms with Crippen LogP contribution in [0.1, 0.15) is 55.4 Å². The Morgan fingerprint density at radius 1 is 1.10 bits per heavy atom. The third kappa shape index (κ3) is 4.33. The number of benzene rings is 1. The number of aliphatic carboxylic acids is 1. The number of anilines is 2. The summed E-state index contributed by atoms with van der Waals surface area (Å²) in [5, 5.41) is 12.2. The normalized spacial score (nSPS) is 20.5. The molecule has 0 aliphatic heterocycles. The summed E-state index contributed by atoms with van der Waals surface area (Å²) in [6, 6.07) is 7.96. The number of nitrogen functional groups attached to an aromatic ring is 1. The van der Waals surface area contributed by atoms with Gasteiger partial charge in [0.05, 0.1) is 11.5 Å². The maximum absolute atomic E-state index is 13.0. The van der Waals surface area contributed by atoms with E-state index in [-0.39, 0.29) is 17.2 Å². The number of imidazole rings is 1. The van der Waals surface area contributed by atoms with Crippen molar-refractivity contribution in [2.24, 2.45) is 11.3 Å². The number of alkyl halides is 3. The van der Waals surface area contributed by atoms with Gasteiger partial charge in [-0.1, -0.05) is 32.9 Å². The van der Waals surface area contributed by atoms with Crippen molar-refractivity contribution >= 4 is 29.0 Å². The molecular weight excluding hydrogens is 525 g/mol. The first-order chi connectivity index (χ1) is 18.7. The average molecular weight is 553 g/mol. The summed E-state index contributed by atoms with van der Waals surface area (Å²) >= 11 is 0. The van der Waals surface area contributed by atoms with Gasteiger partial charge in [0.2, 0.25) is 0 Å². The molecule has 9 nitrogen and oxygen atoms in total. The van der Waals surface area contributed by atoms with E-state index in [0.29, 0.717) is 35.4 Å². The minimum atomic E-state index is -4.56. The van der Waals surface area contributed by atoms with Crippen LogP contribution in [0, 0.1) is 11.3 Å². The molecule has 1 saturated carbocycles. The largest absolute Gasteiger partial charge is 0.481 e. The Hall–Kier alpha value is -4.48. The molecule has 40 heavy (non-hydrogen) atoms. The van der Waals surface area contributed by atoms with E-state index in [9.17, 15) is 27.9 Å². The maximum Gasteiger partial charge on any atom is 0.416 e. The number of carboxylic acid groups (broad SMARTS) is 1. The second kappa shape index (κ2) is 9.32. The minimum absolute atomic E-state index is 0.200. The number of pyridine rings is 1. The highest BCUT2D eigenvalue weighted by atomic mass is 19.4. The molecule has 3 aromatic heterocycles. The number of amides is 1. The van der Waals surface area contributed by atoms with Gasteiger partial charge >= 0.3 is 12.1 Å². The zero-order chi connectivity index (χ0) is 29.0. The Morgan fingerprint density at radius 3 is 2.42 bits per heavy atom. The molecule has 3 heterocycles. The molecule has 0 spiro atoms. The van der Waals surface area contributed by atoms with Crippen molar-refractivity contribution in [3.8, 4) is 11.3 Å². The third-order valence-corrected chi connectivity index (χ3v) is 8.35. The van der Waals surface area contributed by atoms with Crippen LogP contribution in [0.25, 0.3) is 16.8 Å². The molecule has 12 heteroatoms. The minimum Gasteiger partial charge on any atom is -0.481 e. The van der Waals surface area contributed by atoms with E-state index in [1.807, 2.05) is 25.2 Å². The molecule has 208 valence electrons. The highest BCUT2D eigenvalue weighted by Crippen LogP contribution is 2.57. The van der Waals surface area contributed by atoms with Gasteiger partial charge in [-0.15, -0.1) is 0 Å². The Kier molecular flexibility index (Phi) is 6.31. The molecule has 4 aromatic rings. The van der Waals surface area contributed by atoms with Crippen LogP contribution in [0.15, 0.2) is 55.0 Å². The molecule has 1 aromatic carbocycles. The molecular formula is C28H27F3N6O3. The lowest BCUT2D eigenvalue weighted by molar-refractivity contribution is -0.145. The van der Waals surface area contributed by atoms with Gasteiger partial charge in [0.1, 0.15) is 28.7 Å². The summed E-state index contributed by atoms with van der Waals surface area (Å²) in [7, 11) is 0. The van der Waals surface area contributed by atoms with Crippen molar-refractivity contribution in [3.63, 3.8) is 0 Å². The number of nitrogens with two attached hydrogens (primary N) is 1. The quantitative estimate of drug-likeness (QED) is 0.301. The number of aromatic nitrogens is 4. The van der Waals surface area contributed by atoms with Gasteiger partial charge in [-0.25, -0.2) is 15.0 Å². The molecule has 2 atom stereocenters. The average Bonchev–Trinajstić information content (AvgIpc) is 3.40. The maximum atomic E-state index is 13.0. The number of carboxylic acids is 1. The van der Waals surface area contributed by atoms with Gasteiger partial charge in [-0.05, 0) is 42.5 Å². The fourth-order valence-corrected chi connectivity index (χ4v) is 5.63.